The summed E-state index contributed by atoms with van der Waals surface area (Å²) in [6.45, 7) is 3.85. The van der Waals surface area contributed by atoms with Gasteiger partial charge in [0.25, 0.3) is 0 Å². The Balaban J connectivity index is 3.12. The second kappa shape index (κ2) is 5.32. The van der Waals surface area contributed by atoms with E-state index in [0.717, 1.165) is 11.1 Å². The van der Waals surface area contributed by atoms with Crippen LogP contribution in [0.3, 0.4) is 0 Å². The minimum Gasteiger partial charge on any atom is -0.469 e. The van der Waals surface area contributed by atoms with E-state index in [1.54, 1.807) is 12.1 Å². The lowest BCUT2D eigenvalue weighted by Crippen LogP contribution is -2.14. The normalized spacial score (nSPS) is 11.6. The lowest BCUT2D eigenvalue weighted by Gasteiger charge is -2.15. The van der Waals surface area contributed by atoms with Gasteiger partial charge in [0.2, 0.25) is 0 Å². The van der Waals surface area contributed by atoms with Crippen molar-refractivity contribution in [2.24, 2.45) is 0 Å². The van der Waals surface area contributed by atoms with Crippen molar-refractivity contribution in [1.29, 1.82) is 5.26 Å². The van der Waals surface area contributed by atoms with E-state index in [1.165, 1.54) is 7.11 Å². The van der Waals surface area contributed by atoms with Gasteiger partial charge >= 0.3 is 5.97 Å². The maximum atomic E-state index is 11.6. The number of carbonyl (C=O) groups is 1. The maximum Gasteiger partial charge on any atom is 0.313 e. The van der Waals surface area contributed by atoms with Gasteiger partial charge in [0.05, 0.1) is 24.7 Å². The summed E-state index contributed by atoms with van der Waals surface area (Å²) in [5.74, 6) is -0.465. The van der Waals surface area contributed by atoms with Crippen LogP contribution in [0, 0.1) is 18.3 Å². The summed E-state index contributed by atoms with van der Waals surface area (Å²) >= 11 is 0. The SMILES string of the molecule is CCC(C(=O)OC)c1ccc(C#N)cc1C. The first kappa shape index (κ1) is 12.3. The smallest absolute Gasteiger partial charge is 0.313 e. The molecule has 0 aliphatic rings. The predicted octanol–water partition coefficient (Wildman–Crippen LogP) is 2.53. The summed E-state index contributed by atoms with van der Waals surface area (Å²) in [6.07, 6.45) is 0.694. The van der Waals surface area contributed by atoms with Crippen LogP contribution in [0.1, 0.15) is 36.0 Å². The van der Waals surface area contributed by atoms with Gasteiger partial charge in [0, 0.05) is 0 Å². The number of nitriles is 1. The molecular formula is C13H15NO2. The van der Waals surface area contributed by atoms with Crippen molar-refractivity contribution >= 4 is 5.97 Å². The molecule has 0 fully saturated rings. The van der Waals surface area contributed by atoms with Crippen LogP contribution in [0.2, 0.25) is 0 Å². The molecule has 0 saturated carbocycles. The molecule has 1 aromatic carbocycles. The number of methoxy groups -OCH3 is 1. The van der Waals surface area contributed by atoms with Gasteiger partial charge in [0.15, 0.2) is 0 Å². The highest BCUT2D eigenvalue weighted by Crippen LogP contribution is 2.24. The zero-order valence-corrected chi connectivity index (χ0v) is 9.78. The van der Waals surface area contributed by atoms with Gasteiger partial charge in [-0.05, 0) is 36.6 Å². The molecule has 1 atom stereocenters. The molecule has 0 radical (unpaired) electrons. The Hall–Kier alpha value is -1.82. The summed E-state index contributed by atoms with van der Waals surface area (Å²) in [5, 5.41) is 8.76. The maximum absolute atomic E-state index is 11.6. The van der Waals surface area contributed by atoms with Gasteiger partial charge in [-0.25, -0.2) is 0 Å². The number of carbonyl (C=O) groups excluding carboxylic acids is 1. The van der Waals surface area contributed by atoms with Crippen LogP contribution in [-0.4, -0.2) is 13.1 Å². The Labute approximate surface area is 95.7 Å². The molecular weight excluding hydrogens is 202 g/mol. The van der Waals surface area contributed by atoms with E-state index in [-0.39, 0.29) is 11.9 Å². The van der Waals surface area contributed by atoms with E-state index in [4.69, 9.17) is 10.00 Å². The Morgan fingerprint density at radius 3 is 2.69 bits per heavy atom. The van der Waals surface area contributed by atoms with Gasteiger partial charge < -0.3 is 4.74 Å². The van der Waals surface area contributed by atoms with E-state index in [2.05, 4.69) is 6.07 Å². The summed E-state index contributed by atoms with van der Waals surface area (Å²) < 4.78 is 4.77. The predicted molar refractivity (Wildman–Crippen MR) is 60.9 cm³/mol. The minimum absolute atomic E-state index is 0.227. The second-order valence-corrected chi connectivity index (χ2v) is 3.67. The van der Waals surface area contributed by atoms with Crippen molar-refractivity contribution in [3.8, 4) is 6.07 Å². The van der Waals surface area contributed by atoms with Crippen molar-refractivity contribution in [2.75, 3.05) is 7.11 Å². The van der Waals surface area contributed by atoms with Crippen LogP contribution in [0.25, 0.3) is 0 Å². The molecule has 1 unspecified atom stereocenters. The third-order valence-corrected chi connectivity index (χ3v) is 2.67. The number of esters is 1. The monoisotopic (exact) mass is 217 g/mol. The fourth-order valence-corrected chi connectivity index (χ4v) is 1.79. The number of benzene rings is 1. The van der Waals surface area contributed by atoms with Crippen molar-refractivity contribution in [1.82, 2.24) is 0 Å². The summed E-state index contributed by atoms with van der Waals surface area (Å²) in [5.41, 5.74) is 2.51. The van der Waals surface area contributed by atoms with Gasteiger partial charge in [0.1, 0.15) is 0 Å². The Bertz CT molecular complexity index is 432. The number of aryl methyl sites for hydroxylation is 1. The fourth-order valence-electron chi connectivity index (χ4n) is 1.79. The molecule has 0 aromatic heterocycles. The average molecular weight is 217 g/mol. The highest BCUT2D eigenvalue weighted by molar-refractivity contribution is 5.78. The molecule has 0 spiro atoms. The molecule has 0 heterocycles. The number of hydrogen-bond donors (Lipinski definition) is 0. The van der Waals surface area contributed by atoms with Gasteiger partial charge in [-0.2, -0.15) is 5.26 Å². The molecule has 0 bridgehead atoms. The molecule has 84 valence electrons. The first-order valence-corrected chi connectivity index (χ1v) is 5.22. The van der Waals surface area contributed by atoms with Crippen molar-refractivity contribution in [3.63, 3.8) is 0 Å². The molecule has 1 rings (SSSR count). The molecule has 0 N–H and O–H groups in total. The third kappa shape index (κ3) is 2.40. The number of nitrogens with zero attached hydrogens (tertiary/aromatic N) is 1. The van der Waals surface area contributed by atoms with E-state index in [9.17, 15) is 4.79 Å². The molecule has 0 aliphatic heterocycles. The van der Waals surface area contributed by atoms with Crippen molar-refractivity contribution < 1.29 is 9.53 Å². The van der Waals surface area contributed by atoms with Crippen molar-refractivity contribution in [2.45, 2.75) is 26.2 Å². The van der Waals surface area contributed by atoms with E-state index >= 15 is 0 Å². The quantitative estimate of drug-likeness (QED) is 0.731. The lowest BCUT2D eigenvalue weighted by molar-refractivity contribution is -0.142. The van der Waals surface area contributed by atoms with Crippen LogP contribution < -0.4 is 0 Å². The van der Waals surface area contributed by atoms with Crippen LogP contribution >= 0.6 is 0 Å². The van der Waals surface area contributed by atoms with Crippen molar-refractivity contribution in [3.05, 3.63) is 34.9 Å². The van der Waals surface area contributed by atoms with E-state index in [0.29, 0.717) is 12.0 Å². The van der Waals surface area contributed by atoms with Crippen LogP contribution in [0.4, 0.5) is 0 Å². The Morgan fingerprint density at radius 2 is 2.25 bits per heavy atom. The number of ether oxygens (including phenoxy) is 1. The first-order chi connectivity index (χ1) is 7.63. The lowest BCUT2D eigenvalue weighted by atomic mass is 9.91. The molecule has 16 heavy (non-hydrogen) atoms. The largest absolute Gasteiger partial charge is 0.469 e. The van der Waals surface area contributed by atoms with Crippen LogP contribution in [-0.2, 0) is 9.53 Å². The van der Waals surface area contributed by atoms with Gasteiger partial charge in [-0.3, -0.25) is 4.79 Å². The Kier molecular flexibility index (Phi) is 4.07. The van der Waals surface area contributed by atoms with E-state index < -0.39 is 0 Å². The molecule has 1 aromatic rings. The molecule has 0 amide bonds. The summed E-state index contributed by atoms with van der Waals surface area (Å²) in [4.78, 5) is 11.6. The number of rotatable bonds is 3. The highest BCUT2D eigenvalue weighted by atomic mass is 16.5. The highest BCUT2D eigenvalue weighted by Gasteiger charge is 2.20. The third-order valence-electron chi connectivity index (χ3n) is 2.67. The molecule has 3 nitrogen and oxygen atoms in total. The molecule has 3 heteroatoms. The fraction of sp³-hybridized carbons (Fsp3) is 0.385. The van der Waals surface area contributed by atoms with Gasteiger partial charge in [-0.15, -0.1) is 0 Å². The second-order valence-electron chi connectivity index (χ2n) is 3.67. The van der Waals surface area contributed by atoms with Crippen LogP contribution in [0.15, 0.2) is 18.2 Å². The summed E-state index contributed by atoms with van der Waals surface area (Å²) in [7, 11) is 1.39. The summed E-state index contributed by atoms with van der Waals surface area (Å²) in [6, 6.07) is 7.43. The number of hydrogen-bond acceptors (Lipinski definition) is 3. The Morgan fingerprint density at radius 1 is 1.56 bits per heavy atom. The zero-order chi connectivity index (χ0) is 12.1. The molecule has 0 aliphatic carbocycles. The van der Waals surface area contributed by atoms with Gasteiger partial charge in [-0.1, -0.05) is 13.0 Å². The minimum atomic E-state index is -0.238. The first-order valence-electron chi connectivity index (χ1n) is 5.22. The zero-order valence-electron chi connectivity index (χ0n) is 9.78. The average Bonchev–Trinajstić information content (AvgIpc) is 2.31. The standard InChI is InChI=1S/C13H15NO2/c1-4-11(13(15)16-3)12-6-5-10(8-14)7-9(12)2/h5-7,11H,4H2,1-3H3. The topological polar surface area (TPSA) is 50.1 Å². The molecule has 0 saturated heterocycles. The van der Waals surface area contributed by atoms with Crippen LogP contribution in [0.5, 0.6) is 0 Å². The van der Waals surface area contributed by atoms with E-state index in [1.807, 2.05) is 19.9 Å².